The molecule has 0 aliphatic carbocycles. The van der Waals surface area contributed by atoms with Gasteiger partial charge < -0.3 is 10.4 Å². The fraction of sp³-hybridized carbons (Fsp3) is 0.417. The zero-order valence-corrected chi connectivity index (χ0v) is 11.0. The number of ketones is 1. The molecule has 0 atom stereocenters. The number of benzene rings is 1. The Hall–Kier alpha value is -0.710. The lowest BCUT2D eigenvalue weighted by molar-refractivity contribution is 0.0968. The summed E-state index contributed by atoms with van der Waals surface area (Å²) >= 11 is 3.32. The van der Waals surface area contributed by atoms with Gasteiger partial charge in [0.15, 0.2) is 5.78 Å². The molecule has 0 saturated carbocycles. The van der Waals surface area contributed by atoms with Crippen molar-refractivity contribution in [1.29, 1.82) is 0 Å². The molecule has 0 spiro atoms. The van der Waals surface area contributed by atoms with Crippen LogP contribution in [0, 0.1) is 0 Å². The van der Waals surface area contributed by atoms with Crippen LogP contribution < -0.4 is 5.32 Å². The number of hydrogen-bond donors (Lipinski definition) is 2. The summed E-state index contributed by atoms with van der Waals surface area (Å²) in [6.07, 6.45) is 0. The van der Waals surface area contributed by atoms with Gasteiger partial charge in [-0.3, -0.25) is 4.79 Å². The van der Waals surface area contributed by atoms with Crippen molar-refractivity contribution in [3.05, 3.63) is 34.3 Å². The fourth-order valence-electron chi connectivity index (χ4n) is 1.11. The second-order valence-electron chi connectivity index (χ2n) is 4.33. The fourth-order valence-corrected chi connectivity index (χ4v) is 1.38. The van der Waals surface area contributed by atoms with E-state index in [0.29, 0.717) is 5.56 Å². The maximum absolute atomic E-state index is 11.8. The van der Waals surface area contributed by atoms with Crippen LogP contribution >= 0.6 is 15.9 Å². The van der Waals surface area contributed by atoms with E-state index in [2.05, 4.69) is 21.2 Å². The first-order chi connectivity index (χ1) is 7.44. The van der Waals surface area contributed by atoms with E-state index in [1.165, 1.54) is 0 Å². The third kappa shape index (κ3) is 4.04. The summed E-state index contributed by atoms with van der Waals surface area (Å²) in [4.78, 5) is 11.8. The molecule has 4 heteroatoms. The molecule has 0 aliphatic heterocycles. The van der Waals surface area contributed by atoms with Gasteiger partial charge in [-0.2, -0.15) is 0 Å². The SMILES string of the molecule is CC(C)(CO)NCC(=O)c1ccc(Br)cc1. The van der Waals surface area contributed by atoms with Crippen LogP contribution in [0.3, 0.4) is 0 Å². The molecular weight excluding hydrogens is 270 g/mol. The third-order valence-corrected chi connectivity index (χ3v) is 2.82. The quantitative estimate of drug-likeness (QED) is 0.814. The Morgan fingerprint density at radius 3 is 2.44 bits per heavy atom. The zero-order chi connectivity index (χ0) is 12.2. The van der Waals surface area contributed by atoms with Crippen LogP contribution in [0.25, 0.3) is 0 Å². The maximum atomic E-state index is 11.8. The molecule has 0 unspecified atom stereocenters. The summed E-state index contributed by atoms with van der Waals surface area (Å²) in [6, 6.07) is 7.23. The van der Waals surface area contributed by atoms with Crippen molar-refractivity contribution in [3.63, 3.8) is 0 Å². The van der Waals surface area contributed by atoms with E-state index in [4.69, 9.17) is 5.11 Å². The van der Waals surface area contributed by atoms with Crippen molar-refractivity contribution in [3.8, 4) is 0 Å². The van der Waals surface area contributed by atoms with Gasteiger partial charge in [0.25, 0.3) is 0 Å². The Labute approximate surface area is 104 Å². The number of aliphatic hydroxyl groups is 1. The highest BCUT2D eigenvalue weighted by Crippen LogP contribution is 2.11. The van der Waals surface area contributed by atoms with Crippen molar-refractivity contribution in [1.82, 2.24) is 5.32 Å². The molecule has 0 fully saturated rings. The first-order valence-electron chi connectivity index (χ1n) is 5.09. The van der Waals surface area contributed by atoms with Gasteiger partial charge in [-0.1, -0.05) is 28.1 Å². The molecule has 88 valence electrons. The Balaban J connectivity index is 2.56. The molecule has 0 saturated heterocycles. The molecule has 0 radical (unpaired) electrons. The molecule has 1 aromatic rings. The summed E-state index contributed by atoms with van der Waals surface area (Å²) in [5.41, 5.74) is 0.245. The summed E-state index contributed by atoms with van der Waals surface area (Å²) in [5.74, 6) is 0.0222. The van der Waals surface area contributed by atoms with Crippen LogP contribution in [0.1, 0.15) is 24.2 Å². The Morgan fingerprint density at radius 1 is 1.38 bits per heavy atom. The third-order valence-electron chi connectivity index (χ3n) is 2.29. The molecule has 0 aromatic heterocycles. The lowest BCUT2D eigenvalue weighted by atomic mass is 10.1. The van der Waals surface area contributed by atoms with Crippen LogP contribution in [0.15, 0.2) is 28.7 Å². The number of halogens is 1. The van der Waals surface area contributed by atoms with Gasteiger partial charge in [-0.25, -0.2) is 0 Å². The number of aliphatic hydroxyl groups excluding tert-OH is 1. The minimum atomic E-state index is -0.426. The van der Waals surface area contributed by atoms with Gasteiger partial charge in [-0.15, -0.1) is 0 Å². The van der Waals surface area contributed by atoms with Crippen molar-refractivity contribution in [2.45, 2.75) is 19.4 Å². The van der Waals surface area contributed by atoms with Crippen LogP contribution in [-0.2, 0) is 0 Å². The number of rotatable bonds is 5. The highest BCUT2D eigenvalue weighted by atomic mass is 79.9. The van der Waals surface area contributed by atoms with Crippen LogP contribution in [0.5, 0.6) is 0 Å². The predicted octanol–water partition coefficient (Wildman–Crippen LogP) is 1.99. The second kappa shape index (κ2) is 5.57. The normalized spacial score (nSPS) is 11.5. The second-order valence-corrected chi connectivity index (χ2v) is 5.24. The monoisotopic (exact) mass is 285 g/mol. The average molecular weight is 286 g/mol. The molecule has 3 nitrogen and oxygen atoms in total. The van der Waals surface area contributed by atoms with E-state index in [-0.39, 0.29) is 18.9 Å². The van der Waals surface area contributed by atoms with Crippen molar-refractivity contribution in [2.24, 2.45) is 0 Å². The van der Waals surface area contributed by atoms with Gasteiger partial charge >= 0.3 is 0 Å². The predicted molar refractivity (Wildman–Crippen MR) is 67.6 cm³/mol. The standard InChI is InChI=1S/C12H16BrNO2/c1-12(2,8-15)14-7-11(16)9-3-5-10(13)6-4-9/h3-6,14-15H,7-8H2,1-2H3. The van der Waals surface area contributed by atoms with Gasteiger partial charge in [-0.05, 0) is 26.0 Å². The van der Waals surface area contributed by atoms with Crippen molar-refractivity contribution in [2.75, 3.05) is 13.2 Å². The molecule has 0 amide bonds. The molecule has 0 bridgehead atoms. The molecule has 16 heavy (non-hydrogen) atoms. The lowest BCUT2D eigenvalue weighted by Crippen LogP contribution is -2.45. The molecular formula is C12H16BrNO2. The molecule has 1 aromatic carbocycles. The number of carbonyl (C=O) groups excluding carboxylic acids is 1. The lowest BCUT2D eigenvalue weighted by Gasteiger charge is -2.22. The van der Waals surface area contributed by atoms with E-state index in [9.17, 15) is 4.79 Å². The number of hydrogen-bond acceptors (Lipinski definition) is 3. The molecule has 0 heterocycles. The summed E-state index contributed by atoms with van der Waals surface area (Å²) < 4.78 is 0.952. The highest BCUT2D eigenvalue weighted by Gasteiger charge is 2.17. The van der Waals surface area contributed by atoms with Gasteiger partial charge in [0.1, 0.15) is 0 Å². The number of Topliss-reactive ketones (excluding diaryl/α,β-unsaturated/α-hetero) is 1. The molecule has 1 rings (SSSR count). The largest absolute Gasteiger partial charge is 0.394 e. The first-order valence-corrected chi connectivity index (χ1v) is 5.88. The van der Waals surface area contributed by atoms with E-state index in [1.807, 2.05) is 26.0 Å². The maximum Gasteiger partial charge on any atom is 0.176 e. The van der Waals surface area contributed by atoms with Crippen LogP contribution in [0.4, 0.5) is 0 Å². The van der Waals surface area contributed by atoms with E-state index >= 15 is 0 Å². The van der Waals surface area contributed by atoms with Gasteiger partial charge in [0.05, 0.1) is 13.2 Å². The topological polar surface area (TPSA) is 49.3 Å². The van der Waals surface area contributed by atoms with Gasteiger partial charge in [0, 0.05) is 15.6 Å². The smallest absolute Gasteiger partial charge is 0.176 e. The molecule has 0 aliphatic rings. The van der Waals surface area contributed by atoms with Crippen LogP contribution in [0.2, 0.25) is 0 Å². The van der Waals surface area contributed by atoms with E-state index in [0.717, 1.165) is 4.47 Å². The summed E-state index contributed by atoms with van der Waals surface area (Å²) in [7, 11) is 0. The summed E-state index contributed by atoms with van der Waals surface area (Å²) in [5, 5.41) is 12.0. The van der Waals surface area contributed by atoms with Crippen molar-refractivity contribution >= 4 is 21.7 Å². The average Bonchev–Trinajstić information content (AvgIpc) is 2.27. The Morgan fingerprint density at radius 2 is 1.94 bits per heavy atom. The van der Waals surface area contributed by atoms with Gasteiger partial charge in [0.2, 0.25) is 0 Å². The van der Waals surface area contributed by atoms with Crippen molar-refractivity contribution < 1.29 is 9.90 Å². The Kier molecular flexibility index (Phi) is 4.65. The highest BCUT2D eigenvalue weighted by molar-refractivity contribution is 9.10. The zero-order valence-electron chi connectivity index (χ0n) is 9.46. The number of nitrogens with one attached hydrogen (secondary N) is 1. The first kappa shape index (κ1) is 13.4. The minimum absolute atomic E-state index is 0.000613. The minimum Gasteiger partial charge on any atom is -0.394 e. The van der Waals surface area contributed by atoms with Crippen LogP contribution in [-0.4, -0.2) is 29.6 Å². The number of carbonyl (C=O) groups is 1. The van der Waals surface area contributed by atoms with E-state index < -0.39 is 5.54 Å². The Bertz CT molecular complexity index is 360. The van der Waals surface area contributed by atoms with E-state index in [1.54, 1.807) is 12.1 Å². The molecule has 2 N–H and O–H groups in total. The summed E-state index contributed by atoms with van der Waals surface area (Å²) in [6.45, 7) is 3.93.